The Hall–Kier alpha value is -0.770. The van der Waals surface area contributed by atoms with E-state index in [9.17, 15) is 4.39 Å². The second-order valence-corrected chi connectivity index (χ2v) is 2.98. The molecule has 0 N–H and O–H groups in total. The average Bonchev–Trinajstić information content (AvgIpc) is 2.09. The highest BCUT2D eigenvalue weighted by Crippen LogP contribution is 2.31. The van der Waals surface area contributed by atoms with Crippen molar-refractivity contribution < 1.29 is 13.9 Å². The summed E-state index contributed by atoms with van der Waals surface area (Å²) in [7, 11) is 2.97. The normalized spacial score (nSPS) is 9.67. The molecule has 0 aromatic heterocycles. The molecule has 1 rings (SSSR count). The molecule has 0 saturated heterocycles. The third kappa shape index (κ3) is 1.69. The van der Waals surface area contributed by atoms with Crippen molar-refractivity contribution in [3.63, 3.8) is 0 Å². The van der Waals surface area contributed by atoms with E-state index in [0.29, 0.717) is 16.0 Å². The molecular weight excluding hydrogens is 227 g/mol. The Bertz CT molecular complexity index is 260. The van der Waals surface area contributed by atoms with Gasteiger partial charge in [-0.3, -0.25) is 0 Å². The van der Waals surface area contributed by atoms with Crippen LogP contribution in [0.3, 0.4) is 0 Å². The highest BCUT2D eigenvalue weighted by Gasteiger charge is 2.08. The monoisotopic (exact) mass is 234 g/mol. The van der Waals surface area contributed by atoms with Crippen LogP contribution in [0, 0.1) is 5.82 Å². The maximum absolute atomic E-state index is 12.9. The Labute approximate surface area is 78.4 Å². The number of halogens is 2. The van der Waals surface area contributed by atoms with Gasteiger partial charge >= 0.3 is 0 Å². The number of rotatable bonds is 2. The van der Waals surface area contributed by atoms with E-state index in [2.05, 4.69) is 15.9 Å². The van der Waals surface area contributed by atoms with Crippen LogP contribution >= 0.6 is 15.9 Å². The Morgan fingerprint density at radius 2 is 1.67 bits per heavy atom. The molecule has 0 aliphatic rings. The summed E-state index contributed by atoms with van der Waals surface area (Å²) in [5.41, 5.74) is 0. The van der Waals surface area contributed by atoms with Crippen LogP contribution < -0.4 is 9.47 Å². The van der Waals surface area contributed by atoms with Crippen LogP contribution in [0.4, 0.5) is 4.39 Å². The molecule has 0 heterocycles. The van der Waals surface area contributed by atoms with Crippen LogP contribution in [0.5, 0.6) is 11.5 Å². The van der Waals surface area contributed by atoms with Gasteiger partial charge in [-0.05, 0) is 15.9 Å². The first-order valence-corrected chi connectivity index (χ1v) is 4.05. The molecule has 0 aliphatic carbocycles. The van der Waals surface area contributed by atoms with Gasteiger partial charge in [0, 0.05) is 12.1 Å². The summed E-state index contributed by atoms with van der Waals surface area (Å²) in [4.78, 5) is 0. The Balaban J connectivity index is 3.19. The van der Waals surface area contributed by atoms with Gasteiger partial charge in [0.1, 0.15) is 5.82 Å². The van der Waals surface area contributed by atoms with Crippen LogP contribution in [0.2, 0.25) is 0 Å². The highest BCUT2D eigenvalue weighted by molar-refractivity contribution is 9.10. The molecule has 0 radical (unpaired) electrons. The zero-order chi connectivity index (χ0) is 9.14. The van der Waals surface area contributed by atoms with Crippen molar-refractivity contribution in [2.45, 2.75) is 0 Å². The van der Waals surface area contributed by atoms with Crippen molar-refractivity contribution in [1.29, 1.82) is 0 Å². The molecule has 1 aromatic carbocycles. The van der Waals surface area contributed by atoms with Gasteiger partial charge in [0.15, 0.2) is 11.5 Å². The second-order valence-electron chi connectivity index (χ2n) is 2.12. The second kappa shape index (κ2) is 3.76. The van der Waals surface area contributed by atoms with Gasteiger partial charge in [0.2, 0.25) is 0 Å². The molecule has 4 heteroatoms. The van der Waals surface area contributed by atoms with E-state index in [1.54, 1.807) is 0 Å². The van der Waals surface area contributed by atoms with Crippen molar-refractivity contribution in [1.82, 2.24) is 0 Å². The SMILES string of the molecule is COc1cc(F)c(Br)cc1OC. The molecule has 0 unspecified atom stereocenters. The fraction of sp³-hybridized carbons (Fsp3) is 0.250. The Morgan fingerprint density at radius 3 is 2.17 bits per heavy atom. The predicted octanol–water partition coefficient (Wildman–Crippen LogP) is 2.61. The van der Waals surface area contributed by atoms with E-state index in [4.69, 9.17) is 9.47 Å². The van der Waals surface area contributed by atoms with Crippen molar-refractivity contribution in [3.8, 4) is 11.5 Å². The molecule has 0 atom stereocenters. The van der Waals surface area contributed by atoms with Gasteiger partial charge < -0.3 is 9.47 Å². The van der Waals surface area contributed by atoms with Crippen molar-refractivity contribution in [3.05, 3.63) is 22.4 Å². The Kier molecular flexibility index (Phi) is 2.92. The van der Waals surface area contributed by atoms with Crippen molar-refractivity contribution in [2.24, 2.45) is 0 Å². The maximum Gasteiger partial charge on any atom is 0.163 e. The summed E-state index contributed by atoms with van der Waals surface area (Å²) in [6.07, 6.45) is 0. The lowest BCUT2D eigenvalue weighted by Gasteiger charge is -2.07. The summed E-state index contributed by atoms with van der Waals surface area (Å²) >= 11 is 3.04. The summed E-state index contributed by atoms with van der Waals surface area (Å²) in [5.74, 6) is 0.525. The van der Waals surface area contributed by atoms with Gasteiger partial charge in [-0.15, -0.1) is 0 Å². The van der Waals surface area contributed by atoms with Crippen LogP contribution in [0.1, 0.15) is 0 Å². The third-order valence-electron chi connectivity index (χ3n) is 1.43. The smallest absolute Gasteiger partial charge is 0.163 e. The summed E-state index contributed by atoms with van der Waals surface area (Å²) < 4.78 is 23.1. The van der Waals surface area contributed by atoms with Crippen LogP contribution in [0.25, 0.3) is 0 Å². The van der Waals surface area contributed by atoms with Crippen molar-refractivity contribution >= 4 is 15.9 Å². The molecule has 0 saturated carbocycles. The predicted molar refractivity (Wildman–Crippen MR) is 47.2 cm³/mol. The molecular formula is C8H8BrFO2. The standard InChI is InChI=1S/C8H8BrFO2/c1-11-7-3-5(9)6(10)4-8(7)12-2/h3-4H,1-2H3. The molecule has 0 aliphatic heterocycles. The van der Waals surface area contributed by atoms with Crippen LogP contribution in [-0.4, -0.2) is 14.2 Å². The number of methoxy groups -OCH3 is 2. The van der Waals surface area contributed by atoms with Gasteiger partial charge in [-0.2, -0.15) is 0 Å². The number of ether oxygens (including phenoxy) is 2. The summed E-state index contributed by atoms with van der Waals surface area (Å²) in [6.45, 7) is 0. The van der Waals surface area contributed by atoms with Gasteiger partial charge in [0.25, 0.3) is 0 Å². The zero-order valence-electron chi connectivity index (χ0n) is 6.73. The Morgan fingerprint density at radius 1 is 1.17 bits per heavy atom. The van der Waals surface area contributed by atoms with Crippen LogP contribution in [0.15, 0.2) is 16.6 Å². The molecule has 12 heavy (non-hydrogen) atoms. The van der Waals surface area contributed by atoms with E-state index >= 15 is 0 Å². The quantitative estimate of drug-likeness (QED) is 0.784. The number of hydrogen-bond donors (Lipinski definition) is 0. The topological polar surface area (TPSA) is 18.5 Å². The molecule has 66 valence electrons. The lowest BCUT2D eigenvalue weighted by molar-refractivity contribution is 0.352. The fourth-order valence-electron chi connectivity index (χ4n) is 0.829. The zero-order valence-corrected chi connectivity index (χ0v) is 8.31. The van der Waals surface area contributed by atoms with Gasteiger partial charge in [0.05, 0.1) is 18.7 Å². The highest BCUT2D eigenvalue weighted by atomic mass is 79.9. The van der Waals surface area contributed by atoms with Crippen molar-refractivity contribution in [2.75, 3.05) is 14.2 Å². The molecule has 0 spiro atoms. The molecule has 2 nitrogen and oxygen atoms in total. The first-order chi connectivity index (χ1) is 5.69. The molecule has 0 amide bonds. The van der Waals surface area contributed by atoms with Gasteiger partial charge in [-0.25, -0.2) is 4.39 Å². The average molecular weight is 235 g/mol. The summed E-state index contributed by atoms with van der Waals surface area (Å²) in [5, 5.41) is 0. The van der Waals surface area contributed by atoms with Gasteiger partial charge in [-0.1, -0.05) is 0 Å². The van der Waals surface area contributed by atoms with E-state index in [0.717, 1.165) is 0 Å². The number of hydrogen-bond acceptors (Lipinski definition) is 2. The minimum absolute atomic E-state index is 0.361. The molecule has 0 bridgehead atoms. The first kappa shape index (κ1) is 9.32. The van der Waals surface area contributed by atoms with E-state index in [1.807, 2.05) is 0 Å². The lowest BCUT2D eigenvalue weighted by atomic mass is 10.3. The lowest BCUT2D eigenvalue weighted by Crippen LogP contribution is -1.91. The number of benzene rings is 1. The largest absolute Gasteiger partial charge is 0.493 e. The third-order valence-corrected chi connectivity index (χ3v) is 2.03. The van der Waals surface area contributed by atoms with Crippen LogP contribution in [-0.2, 0) is 0 Å². The van der Waals surface area contributed by atoms with E-state index in [1.165, 1.54) is 26.4 Å². The molecule has 0 fully saturated rings. The summed E-state index contributed by atoms with van der Waals surface area (Å²) in [6, 6.07) is 2.79. The minimum atomic E-state index is -0.368. The fourth-order valence-corrected chi connectivity index (χ4v) is 1.15. The van der Waals surface area contributed by atoms with E-state index < -0.39 is 0 Å². The molecule has 1 aromatic rings. The van der Waals surface area contributed by atoms with E-state index in [-0.39, 0.29) is 5.82 Å². The minimum Gasteiger partial charge on any atom is -0.493 e. The first-order valence-electron chi connectivity index (χ1n) is 3.26. The maximum atomic E-state index is 12.9.